The van der Waals surface area contributed by atoms with Gasteiger partial charge in [-0.2, -0.15) is 0 Å². The van der Waals surface area contributed by atoms with Crippen molar-refractivity contribution in [2.45, 2.75) is 38.8 Å². The van der Waals surface area contributed by atoms with E-state index in [2.05, 4.69) is 49.0 Å². The summed E-state index contributed by atoms with van der Waals surface area (Å²) in [7, 11) is 0. The first-order valence-corrected chi connectivity index (χ1v) is 8.00. The molecule has 0 aliphatic heterocycles. The van der Waals surface area contributed by atoms with E-state index in [9.17, 15) is 0 Å². The van der Waals surface area contributed by atoms with Crippen LogP contribution in [0.4, 0.5) is 0 Å². The average molecular weight is 286 g/mol. The fourth-order valence-electron chi connectivity index (χ4n) is 1.95. The third kappa shape index (κ3) is 4.57. The number of nitrogens with zero attached hydrogens (tertiary/aromatic N) is 1. The summed E-state index contributed by atoms with van der Waals surface area (Å²) < 4.78 is 0. The van der Waals surface area contributed by atoms with Crippen LogP contribution in [0.5, 0.6) is 0 Å². The molecule has 2 aromatic rings. The van der Waals surface area contributed by atoms with Crippen molar-refractivity contribution in [1.29, 1.82) is 0 Å². The molecular formula is C17H22N2S. The van der Waals surface area contributed by atoms with Crippen molar-refractivity contribution in [3.63, 3.8) is 0 Å². The highest BCUT2D eigenvalue weighted by atomic mass is 32.2. The maximum atomic E-state index is 4.56. The van der Waals surface area contributed by atoms with E-state index in [1.807, 2.05) is 18.2 Å². The smallest absolute Gasteiger partial charge is 0.166 e. The summed E-state index contributed by atoms with van der Waals surface area (Å²) in [5, 5.41) is 1.000. The number of H-pyrrole nitrogens is 1. The number of rotatable bonds is 6. The van der Waals surface area contributed by atoms with Gasteiger partial charge < -0.3 is 4.98 Å². The topological polar surface area (TPSA) is 28.7 Å². The van der Waals surface area contributed by atoms with Gasteiger partial charge in [0.25, 0.3) is 0 Å². The quantitative estimate of drug-likeness (QED) is 0.573. The Morgan fingerprint density at radius 3 is 2.75 bits per heavy atom. The Kier molecular flexibility index (Phi) is 5.48. The molecule has 0 saturated carbocycles. The fraction of sp³-hybridized carbons (Fsp3) is 0.353. The van der Waals surface area contributed by atoms with Crippen molar-refractivity contribution in [2.75, 3.05) is 5.75 Å². The zero-order valence-corrected chi connectivity index (χ0v) is 13.3. The van der Waals surface area contributed by atoms with Crippen LogP contribution in [0.1, 0.15) is 33.6 Å². The normalized spacial score (nSPS) is 11.8. The van der Waals surface area contributed by atoms with Crippen LogP contribution in [0.3, 0.4) is 0 Å². The summed E-state index contributed by atoms with van der Waals surface area (Å²) >= 11 is 1.76. The highest BCUT2D eigenvalue weighted by Crippen LogP contribution is 2.20. The van der Waals surface area contributed by atoms with Crippen LogP contribution in [0, 0.1) is 0 Å². The molecule has 0 atom stereocenters. The van der Waals surface area contributed by atoms with E-state index in [-0.39, 0.29) is 0 Å². The Hall–Kier alpha value is -1.48. The number of imidazole rings is 1. The van der Waals surface area contributed by atoms with Crippen molar-refractivity contribution < 1.29 is 0 Å². The summed E-state index contributed by atoms with van der Waals surface area (Å²) in [4.78, 5) is 7.90. The second-order valence-corrected chi connectivity index (χ2v) is 6.25. The molecule has 0 fully saturated rings. The minimum Gasteiger partial charge on any atom is -0.333 e. The summed E-state index contributed by atoms with van der Waals surface area (Å²) in [6.45, 7) is 6.50. The molecule has 2 nitrogen and oxygen atoms in total. The number of aromatic nitrogens is 2. The fourth-order valence-corrected chi connectivity index (χ4v) is 2.82. The van der Waals surface area contributed by atoms with E-state index in [0.29, 0.717) is 0 Å². The average Bonchev–Trinajstić information content (AvgIpc) is 2.80. The molecule has 1 aromatic heterocycles. The van der Waals surface area contributed by atoms with Crippen molar-refractivity contribution >= 4 is 22.8 Å². The standard InChI is InChI=1S/C17H22N2S/c1-13(2)7-6-8-14(3)11-12-20-17-18-15-9-4-5-10-16(15)19-17/h4-5,7,9-11H,6,8,12H2,1-3H3,(H,18,19)/b14-11-. The predicted octanol–water partition coefficient (Wildman–Crippen LogP) is 5.35. The van der Waals surface area contributed by atoms with Crippen LogP contribution in [-0.2, 0) is 0 Å². The third-order valence-electron chi connectivity index (χ3n) is 3.11. The number of benzene rings is 1. The summed E-state index contributed by atoms with van der Waals surface area (Å²) in [6, 6.07) is 8.15. The van der Waals surface area contributed by atoms with Gasteiger partial charge in [-0.15, -0.1) is 0 Å². The van der Waals surface area contributed by atoms with E-state index in [0.717, 1.165) is 34.8 Å². The molecule has 0 radical (unpaired) electrons. The zero-order valence-electron chi connectivity index (χ0n) is 12.4. The SMILES string of the molecule is CC(C)=CCC/C(C)=C\CSc1nc2ccccc2[nH]1. The van der Waals surface area contributed by atoms with Gasteiger partial charge in [0.2, 0.25) is 0 Å². The van der Waals surface area contributed by atoms with Crippen molar-refractivity contribution in [2.24, 2.45) is 0 Å². The number of hydrogen-bond donors (Lipinski definition) is 1. The monoisotopic (exact) mass is 286 g/mol. The largest absolute Gasteiger partial charge is 0.333 e. The van der Waals surface area contributed by atoms with Gasteiger partial charge in [-0.1, -0.05) is 47.2 Å². The molecule has 0 unspecified atom stereocenters. The Balaban J connectivity index is 1.84. The van der Waals surface area contributed by atoms with Gasteiger partial charge in [-0.25, -0.2) is 4.98 Å². The number of allylic oxidation sites excluding steroid dienone is 3. The van der Waals surface area contributed by atoms with Crippen LogP contribution < -0.4 is 0 Å². The maximum absolute atomic E-state index is 4.56. The predicted molar refractivity (Wildman–Crippen MR) is 89.2 cm³/mol. The molecule has 2 rings (SSSR count). The number of nitrogens with one attached hydrogen (secondary N) is 1. The first-order chi connectivity index (χ1) is 9.65. The summed E-state index contributed by atoms with van der Waals surface area (Å²) in [5.74, 6) is 0.973. The molecule has 0 bridgehead atoms. The molecule has 0 aliphatic rings. The lowest BCUT2D eigenvalue weighted by molar-refractivity contribution is 0.964. The van der Waals surface area contributed by atoms with E-state index >= 15 is 0 Å². The molecule has 0 aliphatic carbocycles. The van der Waals surface area contributed by atoms with E-state index < -0.39 is 0 Å². The van der Waals surface area contributed by atoms with Crippen LogP contribution in [-0.4, -0.2) is 15.7 Å². The van der Waals surface area contributed by atoms with Gasteiger partial charge in [-0.3, -0.25) is 0 Å². The molecule has 1 aromatic carbocycles. The number of hydrogen-bond acceptors (Lipinski definition) is 2. The summed E-state index contributed by atoms with van der Waals surface area (Å²) in [5.41, 5.74) is 5.00. The molecular weight excluding hydrogens is 264 g/mol. The van der Waals surface area contributed by atoms with Crippen molar-refractivity contribution in [3.05, 3.63) is 47.6 Å². The number of aromatic amines is 1. The molecule has 106 valence electrons. The van der Waals surface area contributed by atoms with Crippen LogP contribution in [0.15, 0.2) is 52.7 Å². The van der Waals surface area contributed by atoms with Gasteiger partial charge >= 0.3 is 0 Å². The first kappa shape index (κ1) is 14.9. The Morgan fingerprint density at radius 1 is 1.20 bits per heavy atom. The molecule has 1 heterocycles. The van der Waals surface area contributed by atoms with Crippen LogP contribution >= 0.6 is 11.8 Å². The Labute approximate surface area is 125 Å². The highest BCUT2D eigenvalue weighted by molar-refractivity contribution is 7.99. The Morgan fingerprint density at radius 2 is 2.00 bits per heavy atom. The van der Waals surface area contributed by atoms with Gasteiger partial charge in [0.15, 0.2) is 5.16 Å². The minimum atomic E-state index is 0.973. The Bertz CT molecular complexity index is 586. The minimum absolute atomic E-state index is 0.973. The second kappa shape index (κ2) is 7.34. The molecule has 20 heavy (non-hydrogen) atoms. The molecule has 0 saturated heterocycles. The molecule has 0 spiro atoms. The van der Waals surface area contributed by atoms with E-state index in [4.69, 9.17) is 0 Å². The van der Waals surface area contributed by atoms with Gasteiger partial charge in [-0.05, 0) is 45.7 Å². The van der Waals surface area contributed by atoms with E-state index in [1.54, 1.807) is 11.8 Å². The van der Waals surface area contributed by atoms with Gasteiger partial charge in [0.1, 0.15) is 0 Å². The first-order valence-electron chi connectivity index (χ1n) is 7.01. The molecule has 0 amide bonds. The summed E-state index contributed by atoms with van der Waals surface area (Å²) in [6.07, 6.45) is 6.88. The lowest BCUT2D eigenvalue weighted by atomic mass is 10.1. The number of para-hydroxylation sites is 2. The molecule has 1 N–H and O–H groups in total. The van der Waals surface area contributed by atoms with Crippen LogP contribution in [0.25, 0.3) is 11.0 Å². The second-order valence-electron chi connectivity index (χ2n) is 5.24. The van der Waals surface area contributed by atoms with Crippen molar-refractivity contribution in [1.82, 2.24) is 9.97 Å². The lowest BCUT2D eigenvalue weighted by Crippen LogP contribution is -1.81. The number of fused-ring (bicyclic) bond motifs is 1. The zero-order chi connectivity index (χ0) is 14.4. The lowest BCUT2D eigenvalue weighted by Gasteiger charge is -1.98. The maximum Gasteiger partial charge on any atom is 0.166 e. The van der Waals surface area contributed by atoms with Gasteiger partial charge in [0.05, 0.1) is 11.0 Å². The number of thioether (sulfide) groups is 1. The van der Waals surface area contributed by atoms with Crippen molar-refractivity contribution in [3.8, 4) is 0 Å². The van der Waals surface area contributed by atoms with Crippen LogP contribution in [0.2, 0.25) is 0 Å². The van der Waals surface area contributed by atoms with Gasteiger partial charge in [0, 0.05) is 5.75 Å². The highest BCUT2D eigenvalue weighted by Gasteiger charge is 2.01. The van der Waals surface area contributed by atoms with E-state index in [1.165, 1.54) is 11.1 Å². The third-order valence-corrected chi connectivity index (χ3v) is 3.91. The molecule has 3 heteroatoms.